The summed E-state index contributed by atoms with van der Waals surface area (Å²) < 4.78 is 0. The third-order valence-corrected chi connectivity index (χ3v) is 3.79. The van der Waals surface area contributed by atoms with Crippen molar-refractivity contribution in [3.05, 3.63) is 0 Å². The standard InChI is InChI=1S/C12H19NO3/c14-7-8-3-1-2-4-11(8)13-12(16)9-5-10(15)6-9/h8-9,11,14H,1-7H2,(H,13,16). The molecule has 0 aromatic heterocycles. The second-order valence-electron chi connectivity index (χ2n) is 4.99. The molecule has 2 unspecified atom stereocenters. The lowest BCUT2D eigenvalue weighted by molar-refractivity contribution is -0.138. The largest absolute Gasteiger partial charge is 0.396 e. The van der Waals surface area contributed by atoms with E-state index in [-0.39, 0.29) is 36.2 Å². The first-order chi connectivity index (χ1) is 7.70. The highest BCUT2D eigenvalue weighted by molar-refractivity contribution is 5.96. The first-order valence-electron chi connectivity index (χ1n) is 6.13. The van der Waals surface area contributed by atoms with Gasteiger partial charge >= 0.3 is 0 Å². The minimum Gasteiger partial charge on any atom is -0.396 e. The summed E-state index contributed by atoms with van der Waals surface area (Å²) >= 11 is 0. The third kappa shape index (κ3) is 2.43. The van der Waals surface area contributed by atoms with Crippen LogP contribution in [0.3, 0.4) is 0 Å². The number of hydrogen-bond acceptors (Lipinski definition) is 3. The number of amides is 1. The van der Waals surface area contributed by atoms with E-state index in [1.165, 1.54) is 0 Å². The van der Waals surface area contributed by atoms with Gasteiger partial charge in [-0.25, -0.2) is 0 Å². The number of ketones is 1. The zero-order valence-electron chi connectivity index (χ0n) is 9.45. The molecule has 0 radical (unpaired) electrons. The van der Waals surface area contributed by atoms with Gasteiger partial charge in [0.2, 0.25) is 5.91 Å². The van der Waals surface area contributed by atoms with Gasteiger partial charge in [0.1, 0.15) is 5.78 Å². The second-order valence-corrected chi connectivity index (χ2v) is 4.99. The molecule has 2 fully saturated rings. The van der Waals surface area contributed by atoms with Gasteiger partial charge in [0.05, 0.1) is 5.92 Å². The van der Waals surface area contributed by atoms with Crippen LogP contribution in [-0.4, -0.2) is 29.4 Å². The van der Waals surface area contributed by atoms with Crippen molar-refractivity contribution in [3.63, 3.8) is 0 Å². The first-order valence-corrected chi connectivity index (χ1v) is 6.13. The molecule has 2 aliphatic carbocycles. The fraction of sp³-hybridized carbons (Fsp3) is 0.833. The van der Waals surface area contributed by atoms with E-state index in [0.29, 0.717) is 12.8 Å². The van der Waals surface area contributed by atoms with Crippen LogP contribution in [0.1, 0.15) is 38.5 Å². The predicted octanol–water partition coefficient (Wildman–Crippen LogP) is 0.633. The molecule has 0 aliphatic heterocycles. The Labute approximate surface area is 95.4 Å². The number of carbonyl (C=O) groups is 2. The summed E-state index contributed by atoms with van der Waals surface area (Å²) in [6.45, 7) is 0.147. The van der Waals surface area contributed by atoms with Crippen LogP contribution in [0.15, 0.2) is 0 Å². The lowest BCUT2D eigenvalue weighted by atomic mass is 9.81. The number of carbonyl (C=O) groups excluding carboxylic acids is 2. The third-order valence-electron chi connectivity index (χ3n) is 3.79. The normalized spacial score (nSPS) is 30.9. The molecule has 2 saturated carbocycles. The van der Waals surface area contributed by atoms with E-state index in [1.54, 1.807) is 0 Å². The van der Waals surface area contributed by atoms with Crippen molar-refractivity contribution in [2.75, 3.05) is 6.61 Å². The van der Waals surface area contributed by atoms with Gasteiger partial charge in [0.15, 0.2) is 0 Å². The Balaban J connectivity index is 1.82. The van der Waals surface area contributed by atoms with Crippen LogP contribution < -0.4 is 5.32 Å². The molecule has 0 aromatic rings. The maximum Gasteiger partial charge on any atom is 0.224 e. The first kappa shape index (κ1) is 11.6. The van der Waals surface area contributed by atoms with Crippen LogP contribution >= 0.6 is 0 Å². The molecule has 2 N–H and O–H groups in total. The lowest BCUT2D eigenvalue weighted by Crippen LogP contribution is -2.48. The topological polar surface area (TPSA) is 66.4 Å². The monoisotopic (exact) mass is 225 g/mol. The summed E-state index contributed by atoms with van der Waals surface area (Å²) in [5, 5.41) is 12.2. The number of nitrogens with one attached hydrogen (secondary N) is 1. The van der Waals surface area contributed by atoms with Gasteiger partial charge in [-0.2, -0.15) is 0 Å². The average molecular weight is 225 g/mol. The van der Waals surface area contributed by atoms with Crippen LogP contribution in [0.5, 0.6) is 0 Å². The van der Waals surface area contributed by atoms with Crippen LogP contribution in [-0.2, 0) is 9.59 Å². The van der Waals surface area contributed by atoms with Crippen molar-refractivity contribution in [1.29, 1.82) is 0 Å². The highest BCUT2D eigenvalue weighted by Gasteiger charge is 2.35. The Bertz CT molecular complexity index is 282. The van der Waals surface area contributed by atoms with Crippen LogP contribution in [0, 0.1) is 11.8 Å². The number of hydrogen-bond donors (Lipinski definition) is 2. The van der Waals surface area contributed by atoms with Crippen molar-refractivity contribution in [3.8, 4) is 0 Å². The SMILES string of the molecule is O=C1CC(C(=O)NC2CCCCC2CO)C1. The average Bonchev–Trinajstić information content (AvgIpc) is 2.25. The fourth-order valence-corrected chi connectivity index (χ4v) is 2.59. The summed E-state index contributed by atoms with van der Waals surface area (Å²) in [6.07, 6.45) is 5.01. The van der Waals surface area contributed by atoms with Gasteiger partial charge in [0.25, 0.3) is 0 Å². The van der Waals surface area contributed by atoms with E-state index in [9.17, 15) is 14.7 Å². The molecule has 0 spiro atoms. The van der Waals surface area contributed by atoms with Crippen molar-refractivity contribution in [2.45, 2.75) is 44.6 Å². The van der Waals surface area contributed by atoms with Gasteiger partial charge in [-0.1, -0.05) is 12.8 Å². The molecular weight excluding hydrogens is 206 g/mol. The summed E-state index contributed by atoms with van der Waals surface area (Å²) in [4.78, 5) is 22.6. The number of aliphatic hydroxyl groups is 1. The molecule has 2 aliphatic rings. The van der Waals surface area contributed by atoms with Gasteiger partial charge in [-0.3, -0.25) is 9.59 Å². The Hall–Kier alpha value is -0.900. The summed E-state index contributed by atoms with van der Waals surface area (Å²) in [7, 11) is 0. The molecule has 1 amide bonds. The quantitative estimate of drug-likeness (QED) is 0.740. The zero-order chi connectivity index (χ0) is 11.5. The van der Waals surface area contributed by atoms with Crippen molar-refractivity contribution < 1.29 is 14.7 Å². The molecule has 0 aromatic carbocycles. The van der Waals surface area contributed by atoms with E-state index in [1.807, 2.05) is 0 Å². The Morgan fingerprint density at radius 1 is 1.31 bits per heavy atom. The minimum absolute atomic E-state index is 0.00458. The maximum atomic E-state index is 11.8. The molecular formula is C12H19NO3. The summed E-state index contributed by atoms with van der Waals surface area (Å²) in [5.41, 5.74) is 0. The van der Waals surface area contributed by atoms with E-state index < -0.39 is 0 Å². The number of Topliss-reactive ketones (excluding diaryl/α,β-unsaturated/α-hetero) is 1. The highest BCUT2D eigenvalue weighted by Crippen LogP contribution is 2.27. The maximum absolute atomic E-state index is 11.8. The summed E-state index contributed by atoms with van der Waals surface area (Å²) in [6, 6.07) is 0.113. The molecule has 4 nitrogen and oxygen atoms in total. The highest BCUT2D eigenvalue weighted by atomic mass is 16.3. The van der Waals surface area contributed by atoms with E-state index in [0.717, 1.165) is 25.7 Å². The summed E-state index contributed by atoms with van der Waals surface area (Å²) in [5.74, 6) is 0.287. The van der Waals surface area contributed by atoms with E-state index >= 15 is 0 Å². The fourth-order valence-electron chi connectivity index (χ4n) is 2.59. The number of aliphatic hydroxyl groups excluding tert-OH is 1. The van der Waals surface area contributed by atoms with Crippen LogP contribution in [0.2, 0.25) is 0 Å². The molecule has 16 heavy (non-hydrogen) atoms. The van der Waals surface area contributed by atoms with Gasteiger partial charge < -0.3 is 10.4 Å². The van der Waals surface area contributed by atoms with Crippen molar-refractivity contribution in [1.82, 2.24) is 5.32 Å². The van der Waals surface area contributed by atoms with Gasteiger partial charge in [-0.15, -0.1) is 0 Å². The van der Waals surface area contributed by atoms with Crippen LogP contribution in [0.25, 0.3) is 0 Å². The molecule has 0 heterocycles. The van der Waals surface area contributed by atoms with Crippen molar-refractivity contribution in [2.24, 2.45) is 11.8 Å². The van der Waals surface area contributed by atoms with E-state index in [4.69, 9.17) is 0 Å². The molecule has 2 atom stereocenters. The second kappa shape index (κ2) is 4.95. The Morgan fingerprint density at radius 2 is 2.00 bits per heavy atom. The molecule has 2 rings (SSSR count). The minimum atomic E-state index is -0.103. The molecule has 90 valence electrons. The zero-order valence-corrected chi connectivity index (χ0v) is 9.45. The van der Waals surface area contributed by atoms with Crippen LogP contribution in [0.4, 0.5) is 0 Å². The van der Waals surface area contributed by atoms with Gasteiger partial charge in [-0.05, 0) is 12.8 Å². The Kier molecular flexibility index (Phi) is 3.59. The van der Waals surface area contributed by atoms with E-state index in [2.05, 4.69) is 5.32 Å². The lowest BCUT2D eigenvalue weighted by Gasteiger charge is -2.33. The van der Waals surface area contributed by atoms with Gasteiger partial charge in [0, 0.05) is 31.4 Å². The smallest absolute Gasteiger partial charge is 0.224 e. The predicted molar refractivity (Wildman–Crippen MR) is 58.7 cm³/mol. The molecule has 0 saturated heterocycles. The molecule has 4 heteroatoms. The van der Waals surface area contributed by atoms with Crippen molar-refractivity contribution >= 4 is 11.7 Å². The Morgan fingerprint density at radius 3 is 2.62 bits per heavy atom. The molecule has 0 bridgehead atoms. The number of rotatable bonds is 3.